The Hall–Kier alpha value is -1.39. The Morgan fingerprint density at radius 2 is 2.18 bits per heavy atom. The minimum Gasteiger partial charge on any atom is -0.375 e. The molecule has 0 spiro atoms. The highest BCUT2D eigenvalue weighted by atomic mass is 16.5. The zero-order valence-electron chi connectivity index (χ0n) is 10.6. The zero-order valence-corrected chi connectivity index (χ0v) is 10.6. The Balaban J connectivity index is 2.56. The molecule has 0 aromatic heterocycles. The van der Waals surface area contributed by atoms with Crippen LogP contribution in [0.5, 0.6) is 0 Å². The van der Waals surface area contributed by atoms with Gasteiger partial charge in [0.2, 0.25) is 5.91 Å². The molecule has 0 radical (unpaired) electrons. The first-order valence-corrected chi connectivity index (χ1v) is 5.73. The number of hydrogen-bond acceptors (Lipinski definition) is 3. The van der Waals surface area contributed by atoms with Crippen molar-refractivity contribution in [2.45, 2.75) is 26.4 Å². The SMILES string of the molecule is COCC(=O)Nc1cccc(CNC(C)C)c1. The van der Waals surface area contributed by atoms with Gasteiger partial charge in [-0.3, -0.25) is 4.79 Å². The fourth-order valence-electron chi connectivity index (χ4n) is 1.41. The third-order valence-corrected chi connectivity index (χ3v) is 2.20. The summed E-state index contributed by atoms with van der Waals surface area (Å²) in [5, 5.41) is 6.11. The summed E-state index contributed by atoms with van der Waals surface area (Å²) in [6, 6.07) is 8.23. The van der Waals surface area contributed by atoms with Gasteiger partial charge in [-0.15, -0.1) is 0 Å². The molecule has 0 aliphatic carbocycles. The summed E-state index contributed by atoms with van der Waals surface area (Å²) in [5.41, 5.74) is 1.95. The molecule has 0 saturated heterocycles. The molecule has 0 heterocycles. The third kappa shape index (κ3) is 5.47. The first-order chi connectivity index (χ1) is 8.11. The van der Waals surface area contributed by atoms with Crippen LogP contribution in [0.25, 0.3) is 0 Å². The summed E-state index contributed by atoms with van der Waals surface area (Å²) in [6.45, 7) is 5.08. The van der Waals surface area contributed by atoms with E-state index in [1.807, 2.05) is 24.3 Å². The molecule has 0 aliphatic heterocycles. The van der Waals surface area contributed by atoms with Crippen molar-refractivity contribution in [3.63, 3.8) is 0 Å². The van der Waals surface area contributed by atoms with Crippen LogP contribution < -0.4 is 10.6 Å². The van der Waals surface area contributed by atoms with Gasteiger partial charge in [-0.25, -0.2) is 0 Å². The first kappa shape index (κ1) is 13.7. The number of carbonyl (C=O) groups excluding carboxylic acids is 1. The van der Waals surface area contributed by atoms with Gasteiger partial charge in [0.1, 0.15) is 6.61 Å². The lowest BCUT2D eigenvalue weighted by Gasteiger charge is -2.10. The summed E-state index contributed by atoms with van der Waals surface area (Å²) in [5.74, 6) is -0.138. The third-order valence-electron chi connectivity index (χ3n) is 2.20. The summed E-state index contributed by atoms with van der Waals surface area (Å²) < 4.78 is 4.76. The van der Waals surface area contributed by atoms with E-state index in [4.69, 9.17) is 4.74 Å². The van der Waals surface area contributed by atoms with Gasteiger partial charge in [-0.2, -0.15) is 0 Å². The standard InChI is InChI=1S/C13H20N2O2/c1-10(2)14-8-11-5-4-6-12(7-11)15-13(16)9-17-3/h4-7,10,14H,8-9H2,1-3H3,(H,15,16). The Bertz CT molecular complexity index is 364. The van der Waals surface area contributed by atoms with Crippen LogP contribution >= 0.6 is 0 Å². The number of methoxy groups -OCH3 is 1. The van der Waals surface area contributed by atoms with Crippen molar-refractivity contribution in [3.05, 3.63) is 29.8 Å². The van der Waals surface area contributed by atoms with Gasteiger partial charge >= 0.3 is 0 Å². The number of nitrogens with one attached hydrogen (secondary N) is 2. The number of carbonyl (C=O) groups is 1. The summed E-state index contributed by atoms with van der Waals surface area (Å²) in [4.78, 5) is 11.3. The summed E-state index contributed by atoms with van der Waals surface area (Å²) >= 11 is 0. The molecular weight excluding hydrogens is 216 g/mol. The molecule has 4 heteroatoms. The molecule has 1 aromatic carbocycles. The van der Waals surface area contributed by atoms with Crippen LogP contribution in [-0.4, -0.2) is 25.7 Å². The molecule has 94 valence electrons. The van der Waals surface area contributed by atoms with Crippen LogP contribution in [0.4, 0.5) is 5.69 Å². The van der Waals surface area contributed by atoms with Gasteiger partial charge in [0.25, 0.3) is 0 Å². The normalized spacial score (nSPS) is 10.6. The number of rotatable bonds is 6. The van der Waals surface area contributed by atoms with Crippen LogP contribution in [0.15, 0.2) is 24.3 Å². The highest BCUT2D eigenvalue weighted by molar-refractivity contribution is 5.91. The fourth-order valence-corrected chi connectivity index (χ4v) is 1.41. The van der Waals surface area contributed by atoms with Gasteiger partial charge in [0, 0.05) is 25.4 Å². The van der Waals surface area contributed by atoms with Gasteiger partial charge < -0.3 is 15.4 Å². The smallest absolute Gasteiger partial charge is 0.250 e. The van der Waals surface area contributed by atoms with E-state index in [9.17, 15) is 4.79 Å². The molecule has 2 N–H and O–H groups in total. The van der Waals surface area contributed by atoms with Crippen LogP contribution in [-0.2, 0) is 16.1 Å². The average molecular weight is 236 g/mol. The number of amides is 1. The molecule has 0 atom stereocenters. The molecular formula is C13H20N2O2. The van der Waals surface area contributed by atoms with Crippen LogP contribution in [0.3, 0.4) is 0 Å². The van der Waals surface area contributed by atoms with Crippen molar-refractivity contribution in [1.29, 1.82) is 0 Å². The average Bonchev–Trinajstić information content (AvgIpc) is 2.27. The van der Waals surface area contributed by atoms with E-state index in [0.29, 0.717) is 6.04 Å². The second-order valence-corrected chi connectivity index (χ2v) is 4.22. The molecule has 0 unspecified atom stereocenters. The molecule has 1 rings (SSSR count). The monoisotopic (exact) mass is 236 g/mol. The van der Waals surface area contributed by atoms with Gasteiger partial charge in [0.05, 0.1) is 0 Å². The minimum atomic E-state index is -0.138. The van der Waals surface area contributed by atoms with E-state index in [1.165, 1.54) is 7.11 Å². The second kappa shape index (κ2) is 7.04. The minimum absolute atomic E-state index is 0.0778. The Morgan fingerprint density at radius 3 is 2.82 bits per heavy atom. The summed E-state index contributed by atoms with van der Waals surface area (Å²) in [6.07, 6.45) is 0. The molecule has 4 nitrogen and oxygen atoms in total. The van der Waals surface area contributed by atoms with Gasteiger partial charge in [0.15, 0.2) is 0 Å². The quantitative estimate of drug-likeness (QED) is 0.791. The Kier molecular flexibility index (Phi) is 5.66. The largest absolute Gasteiger partial charge is 0.375 e. The van der Waals surface area contributed by atoms with Crippen LogP contribution in [0, 0.1) is 0 Å². The highest BCUT2D eigenvalue weighted by Gasteiger charge is 2.02. The maximum absolute atomic E-state index is 11.3. The molecule has 0 saturated carbocycles. The van der Waals surface area contributed by atoms with Crippen LogP contribution in [0.2, 0.25) is 0 Å². The molecule has 0 aliphatic rings. The van der Waals surface area contributed by atoms with E-state index >= 15 is 0 Å². The first-order valence-electron chi connectivity index (χ1n) is 5.73. The van der Waals surface area contributed by atoms with Crippen molar-refractivity contribution in [3.8, 4) is 0 Å². The number of anilines is 1. The predicted octanol–water partition coefficient (Wildman–Crippen LogP) is 1.77. The molecule has 0 bridgehead atoms. The second-order valence-electron chi connectivity index (χ2n) is 4.22. The van der Waals surface area contributed by atoms with E-state index in [1.54, 1.807) is 0 Å². The maximum Gasteiger partial charge on any atom is 0.250 e. The van der Waals surface area contributed by atoms with Crippen molar-refractivity contribution in [1.82, 2.24) is 5.32 Å². The van der Waals surface area contributed by atoms with Crippen molar-refractivity contribution < 1.29 is 9.53 Å². The molecule has 1 amide bonds. The number of hydrogen-bond donors (Lipinski definition) is 2. The molecule has 1 aromatic rings. The maximum atomic E-state index is 11.3. The lowest BCUT2D eigenvalue weighted by Crippen LogP contribution is -2.22. The topological polar surface area (TPSA) is 50.4 Å². The summed E-state index contributed by atoms with van der Waals surface area (Å²) in [7, 11) is 1.50. The van der Waals surface area contributed by atoms with Gasteiger partial charge in [-0.05, 0) is 17.7 Å². The van der Waals surface area contributed by atoms with Gasteiger partial charge in [-0.1, -0.05) is 26.0 Å². The van der Waals surface area contributed by atoms with Crippen molar-refractivity contribution in [2.24, 2.45) is 0 Å². The Labute approximate surface area is 102 Å². The van der Waals surface area contributed by atoms with E-state index in [-0.39, 0.29) is 12.5 Å². The van der Waals surface area contributed by atoms with E-state index in [0.717, 1.165) is 17.8 Å². The molecule has 0 fully saturated rings. The van der Waals surface area contributed by atoms with Crippen molar-refractivity contribution in [2.75, 3.05) is 19.0 Å². The van der Waals surface area contributed by atoms with E-state index in [2.05, 4.69) is 24.5 Å². The zero-order chi connectivity index (χ0) is 12.7. The highest BCUT2D eigenvalue weighted by Crippen LogP contribution is 2.10. The predicted molar refractivity (Wildman–Crippen MR) is 68.9 cm³/mol. The number of ether oxygens (including phenoxy) is 1. The van der Waals surface area contributed by atoms with E-state index < -0.39 is 0 Å². The van der Waals surface area contributed by atoms with Crippen LogP contribution in [0.1, 0.15) is 19.4 Å². The fraction of sp³-hybridized carbons (Fsp3) is 0.462. The van der Waals surface area contributed by atoms with Crippen molar-refractivity contribution >= 4 is 11.6 Å². The Morgan fingerprint density at radius 1 is 1.41 bits per heavy atom. The lowest BCUT2D eigenvalue weighted by atomic mass is 10.2. The molecule has 17 heavy (non-hydrogen) atoms. The lowest BCUT2D eigenvalue weighted by molar-refractivity contribution is -0.119. The number of benzene rings is 1.